The van der Waals surface area contributed by atoms with Crippen LogP contribution in [0.25, 0.3) is 0 Å². The van der Waals surface area contributed by atoms with Crippen LogP contribution in [0.5, 0.6) is 0 Å². The molecule has 0 aromatic carbocycles. The van der Waals surface area contributed by atoms with E-state index in [0.717, 1.165) is 18.2 Å². The van der Waals surface area contributed by atoms with E-state index in [1.807, 2.05) is 49.3 Å². The first-order valence-corrected chi connectivity index (χ1v) is 12.2. The number of hydroxylamine groups is 2. The van der Waals surface area contributed by atoms with Crippen LogP contribution < -0.4 is 16.2 Å². The zero-order valence-electron chi connectivity index (χ0n) is 20.1. The lowest BCUT2D eigenvalue weighted by Crippen LogP contribution is -2.57. The predicted octanol–water partition coefficient (Wildman–Crippen LogP) is 0.627. The minimum Gasteiger partial charge on any atom is -0.758 e. The maximum absolute atomic E-state index is 15.1. The minimum atomic E-state index is -1.21. The highest BCUT2D eigenvalue weighted by Gasteiger charge is 2.44. The molecule has 0 bridgehead atoms. The Kier molecular flexibility index (Phi) is 5.40. The van der Waals surface area contributed by atoms with Crippen LogP contribution in [-0.4, -0.2) is 87.6 Å². The number of rotatable bonds is 4. The molecule has 0 aromatic rings. The topological polar surface area (TPSA) is 105 Å². The number of nitrogens with one attached hydrogen (secondary N) is 3. The fraction of sp³-hybridized carbons (Fsp3) is 0.542. The number of aliphatic hydroxyl groups excluding tert-OH is 1. The zero-order chi connectivity index (χ0) is 24.4. The molecule has 4 N–H and O–H groups in total. The molecule has 6 aliphatic rings. The van der Waals surface area contributed by atoms with Crippen molar-refractivity contribution in [2.45, 2.75) is 57.0 Å². The molecule has 0 saturated carbocycles. The van der Waals surface area contributed by atoms with Crippen LogP contribution in [0.4, 0.5) is 4.39 Å². The van der Waals surface area contributed by atoms with Crippen molar-refractivity contribution in [2.24, 2.45) is 11.0 Å². The summed E-state index contributed by atoms with van der Waals surface area (Å²) in [6.45, 7) is 5.28. The van der Waals surface area contributed by atoms with E-state index in [1.54, 1.807) is 4.90 Å². The molecule has 6 rings (SSSR count). The van der Waals surface area contributed by atoms with Gasteiger partial charge < -0.3 is 35.5 Å². The normalized spacial score (nSPS) is 36.9. The Labute approximate surface area is 204 Å². The van der Waals surface area contributed by atoms with Gasteiger partial charge in [0.2, 0.25) is 0 Å². The van der Waals surface area contributed by atoms with Crippen molar-refractivity contribution in [3.05, 3.63) is 64.5 Å². The molecule has 11 heteroatoms. The van der Waals surface area contributed by atoms with Gasteiger partial charge in [0.05, 0.1) is 6.04 Å². The summed E-state index contributed by atoms with van der Waals surface area (Å²) in [7, 11) is 1.97. The smallest absolute Gasteiger partial charge is 0.153 e. The van der Waals surface area contributed by atoms with Crippen LogP contribution in [0.15, 0.2) is 64.3 Å². The number of fused-ring (bicyclic) bond motifs is 2. The van der Waals surface area contributed by atoms with Gasteiger partial charge in [-0.1, -0.05) is 12.2 Å². The van der Waals surface area contributed by atoms with E-state index in [4.69, 9.17) is 0 Å². The molecule has 6 aliphatic heterocycles. The van der Waals surface area contributed by atoms with Crippen LogP contribution in [0.3, 0.4) is 0 Å². The lowest BCUT2D eigenvalue weighted by atomic mass is 9.86. The molecule has 35 heavy (non-hydrogen) atoms. The molecular weight excluding hydrogens is 451 g/mol. The molecule has 6 heterocycles. The van der Waals surface area contributed by atoms with Crippen molar-refractivity contribution in [1.29, 1.82) is 0 Å². The van der Waals surface area contributed by atoms with Gasteiger partial charge in [-0.2, -0.15) is 5.10 Å². The van der Waals surface area contributed by atoms with Gasteiger partial charge in [0.15, 0.2) is 12.0 Å². The van der Waals surface area contributed by atoms with Gasteiger partial charge in [-0.25, -0.2) is 9.82 Å². The van der Waals surface area contributed by atoms with Crippen LogP contribution in [0.1, 0.15) is 20.3 Å². The quantitative estimate of drug-likeness (QED) is 0.458. The standard InChI is InChI=1S/C24H32FN8O2/c1-13-6-21(33(13)35)16-8-19(25)23-29-28-22(32(23)12-16)14(2)31-5-4-20-18(24(31)34)7-15(9-26-20)17-10-27-30(3)11-17/h4-7,11-14,18-20,23-24,26-27,29,34H,8-10H2,1-3H3/q-1/t13?,14-,18?,19?,20?,23?,24?/m1/s1. The highest BCUT2D eigenvalue weighted by molar-refractivity contribution is 5.90. The summed E-state index contributed by atoms with van der Waals surface area (Å²) in [6, 6.07) is -0.476. The second-order valence-electron chi connectivity index (χ2n) is 10.1. The summed E-state index contributed by atoms with van der Waals surface area (Å²) >= 11 is 0. The lowest BCUT2D eigenvalue weighted by Gasteiger charge is -2.48. The Morgan fingerprint density at radius 2 is 2.03 bits per heavy atom. The van der Waals surface area contributed by atoms with E-state index in [-0.39, 0.29) is 30.5 Å². The molecule has 0 spiro atoms. The van der Waals surface area contributed by atoms with Gasteiger partial charge in [0, 0.05) is 62.7 Å². The largest absolute Gasteiger partial charge is 0.758 e. The minimum absolute atomic E-state index is 0.0357. The Morgan fingerprint density at radius 3 is 2.74 bits per heavy atom. The first-order chi connectivity index (χ1) is 16.8. The monoisotopic (exact) mass is 483 g/mol. The van der Waals surface area contributed by atoms with E-state index in [2.05, 4.69) is 39.6 Å². The number of hydrogen-bond donors (Lipinski definition) is 4. The molecular formula is C24H32FN8O2-. The molecule has 0 fully saturated rings. The van der Waals surface area contributed by atoms with Crippen molar-refractivity contribution in [2.75, 3.05) is 20.1 Å². The van der Waals surface area contributed by atoms with Crippen LogP contribution in [0.2, 0.25) is 0 Å². The number of nitrogens with zero attached hydrogens (tertiary/aromatic N) is 5. The van der Waals surface area contributed by atoms with E-state index >= 15 is 4.39 Å². The third-order valence-corrected chi connectivity index (χ3v) is 7.82. The van der Waals surface area contributed by atoms with Gasteiger partial charge in [0.25, 0.3) is 0 Å². The Balaban J connectivity index is 1.23. The number of allylic oxidation sites excluding steroid dienone is 1. The molecule has 0 amide bonds. The van der Waals surface area contributed by atoms with Crippen molar-refractivity contribution in [3.8, 4) is 0 Å². The lowest BCUT2D eigenvalue weighted by molar-refractivity contribution is -0.0220. The van der Waals surface area contributed by atoms with Crippen molar-refractivity contribution in [1.82, 2.24) is 36.0 Å². The van der Waals surface area contributed by atoms with E-state index < -0.39 is 18.6 Å². The van der Waals surface area contributed by atoms with Crippen molar-refractivity contribution < 1.29 is 9.50 Å². The summed E-state index contributed by atoms with van der Waals surface area (Å²) in [5, 5.41) is 34.5. The summed E-state index contributed by atoms with van der Waals surface area (Å²) in [5.74, 6) is 0.473. The van der Waals surface area contributed by atoms with Gasteiger partial charge in [-0.15, -0.1) is 0 Å². The number of hydrogen-bond acceptors (Lipinski definition) is 10. The summed E-state index contributed by atoms with van der Waals surface area (Å²) < 4.78 is 15.1. The predicted molar refractivity (Wildman–Crippen MR) is 130 cm³/mol. The number of alkyl halides is 1. The Morgan fingerprint density at radius 1 is 1.20 bits per heavy atom. The number of hydrazone groups is 1. The number of aliphatic hydroxyl groups is 1. The first-order valence-electron chi connectivity index (χ1n) is 12.2. The fourth-order valence-electron chi connectivity index (χ4n) is 5.72. The Bertz CT molecular complexity index is 1080. The van der Waals surface area contributed by atoms with Crippen molar-refractivity contribution in [3.63, 3.8) is 0 Å². The van der Waals surface area contributed by atoms with E-state index in [1.165, 1.54) is 11.1 Å². The van der Waals surface area contributed by atoms with Crippen LogP contribution >= 0.6 is 0 Å². The summed E-state index contributed by atoms with van der Waals surface area (Å²) in [4.78, 5) is 3.66. The van der Waals surface area contributed by atoms with Gasteiger partial charge in [-0.05, 0) is 42.8 Å². The Hall–Kier alpha value is -2.86. The van der Waals surface area contributed by atoms with Crippen LogP contribution in [-0.2, 0) is 0 Å². The maximum Gasteiger partial charge on any atom is 0.153 e. The average molecular weight is 484 g/mol. The second-order valence-corrected chi connectivity index (χ2v) is 10.1. The second kappa shape index (κ2) is 8.37. The molecule has 7 atom stereocenters. The van der Waals surface area contributed by atoms with Gasteiger partial charge in [0.1, 0.15) is 12.4 Å². The number of amidine groups is 1. The van der Waals surface area contributed by atoms with E-state index in [0.29, 0.717) is 17.1 Å². The molecule has 0 aromatic heterocycles. The molecule has 0 radical (unpaired) electrons. The van der Waals surface area contributed by atoms with Gasteiger partial charge >= 0.3 is 0 Å². The third kappa shape index (κ3) is 3.65. The SMILES string of the molecule is CC1C=C(C2=CN3C([C@@H](C)N4C=CC5NCC(C6=CN(C)NC6)=CC5C4O)=NNC3C(F)C2)N1[O-]. The maximum atomic E-state index is 15.1. The van der Waals surface area contributed by atoms with E-state index in [9.17, 15) is 10.3 Å². The fourth-order valence-corrected chi connectivity index (χ4v) is 5.72. The molecule has 0 aliphatic carbocycles. The van der Waals surface area contributed by atoms with Crippen LogP contribution in [0, 0.1) is 11.1 Å². The third-order valence-electron chi connectivity index (χ3n) is 7.82. The average Bonchev–Trinajstić information content (AvgIpc) is 3.48. The van der Waals surface area contributed by atoms with Gasteiger partial charge in [-0.3, -0.25) is 5.43 Å². The zero-order valence-corrected chi connectivity index (χ0v) is 20.1. The highest BCUT2D eigenvalue weighted by atomic mass is 19.1. The molecule has 0 saturated heterocycles. The molecule has 10 nitrogen and oxygen atoms in total. The highest BCUT2D eigenvalue weighted by Crippen LogP contribution is 2.37. The summed E-state index contributed by atoms with van der Waals surface area (Å²) in [5.41, 5.74) is 9.78. The number of hydrazine groups is 1. The van der Waals surface area contributed by atoms with Crippen molar-refractivity contribution >= 4 is 5.84 Å². The first kappa shape index (κ1) is 22.6. The molecule has 188 valence electrons. The molecule has 6 unspecified atom stereocenters. The summed E-state index contributed by atoms with van der Waals surface area (Å²) in [6.07, 6.45) is 9.47. The number of halogens is 1.